The van der Waals surface area contributed by atoms with Gasteiger partial charge in [-0.3, -0.25) is 4.79 Å². The largest absolute Gasteiger partial charge is 0.368 e. The molecule has 1 aromatic rings. The first-order valence-corrected chi connectivity index (χ1v) is 9.44. The Kier molecular flexibility index (Phi) is 9.77. The molecule has 2 unspecified atom stereocenters. The van der Waals surface area contributed by atoms with E-state index in [0.29, 0.717) is 24.2 Å². The molecule has 2 fully saturated rings. The predicted octanol–water partition coefficient (Wildman–Crippen LogP) is 3.51. The topological polar surface area (TPSA) is 35.6 Å². The zero-order valence-corrected chi connectivity index (χ0v) is 17.6. The number of hydrogen-bond acceptors (Lipinski definition) is 3. The van der Waals surface area contributed by atoms with Crippen LogP contribution in [0.3, 0.4) is 0 Å². The van der Waals surface area contributed by atoms with Crippen molar-refractivity contribution < 1.29 is 4.79 Å². The molecule has 2 atom stereocenters. The Bertz CT molecular complexity index is 556. The quantitative estimate of drug-likeness (QED) is 0.837. The highest BCUT2D eigenvalue weighted by Gasteiger charge is 2.26. The number of amides is 1. The first-order valence-electron chi connectivity index (χ1n) is 9.44. The van der Waals surface area contributed by atoms with Gasteiger partial charge in [0.2, 0.25) is 5.91 Å². The summed E-state index contributed by atoms with van der Waals surface area (Å²) < 4.78 is 0. The summed E-state index contributed by atoms with van der Waals surface area (Å²) in [4.78, 5) is 17.1. The van der Waals surface area contributed by atoms with Crippen molar-refractivity contribution >= 4 is 36.4 Å². The summed E-state index contributed by atoms with van der Waals surface area (Å²) in [6, 6.07) is 8.53. The molecule has 6 heteroatoms. The number of carbonyl (C=O) groups is 1. The van der Waals surface area contributed by atoms with Crippen LogP contribution in [0.4, 0.5) is 5.69 Å². The minimum atomic E-state index is 0. The summed E-state index contributed by atoms with van der Waals surface area (Å²) in [5.41, 5.74) is 2.63. The van der Waals surface area contributed by atoms with Gasteiger partial charge in [-0.05, 0) is 56.3 Å². The van der Waals surface area contributed by atoms with E-state index in [1.807, 2.05) is 0 Å². The summed E-state index contributed by atoms with van der Waals surface area (Å²) in [5.74, 6) is 1.49. The standard InChI is InChI=1S/C20H31N3O.2ClH/c1-16-6-3-4-8-19(16)22-10-12-23(13-11-22)20(24)14-17(2)18-7-5-9-21-15-18;;/h3-4,6,8,17-18,21H,5,7,9-15H2,1-2H3;2*1H. The highest BCUT2D eigenvalue weighted by atomic mass is 35.5. The van der Waals surface area contributed by atoms with Crippen LogP contribution in [0.25, 0.3) is 0 Å². The number of para-hydroxylation sites is 1. The van der Waals surface area contributed by atoms with Crippen LogP contribution in [0.2, 0.25) is 0 Å². The van der Waals surface area contributed by atoms with Crippen molar-refractivity contribution in [3.05, 3.63) is 29.8 Å². The summed E-state index contributed by atoms with van der Waals surface area (Å²) in [7, 11) is 0. The van der Waals surface area contributed by atoms with Gasteiger partial charge in [0.15, 0.2) is 0 Å². The molecule has 1 N–H and O–H groups in total. The lowest BCUT2D eigenvalue weighted by atomic mass is 9.85. The zero-order chi connectivity index (χ0) is 16.9. The summed E-state index contributed by atoms with van der Waals surface area (Å²) in [5, 5.41) is 3.47. The van der Waals surface area contributed by atoms with Crippen molar-refractivity contribution in [1.29, 1.82) is 0 Å². The van der Waals surface area contributed by atoms with E-state index in [1.54, 1.807) is 0 Å². The van der Waals surface area contributed by atoms with Crippen LogP contribution in [-0.2, 0) is 4.79 Å². The second kappa shape index (κ2) is 11.0. The Morgan fingerprint density at radius 1 is 1.19 bits per heavy atom. The molecule has 2 saturated heterocycles. The molecule has 0 bridgehead atoms. The fourth-order valence-electron chi connectivity index (χ4n) is 4.05. The molecule has 2 aliphatic heterocycles. The molecule has 2 heterocycles. The number of carbonyl (C=O) groups excluding carboxylic acids is 1. The number of nitrogens with one attached hydrogen (secondary N) is 1. The number of aryl methyl sites for hydroxylation is 1. The van der Waals surface area contributed by atoms with E-state index in [1.165, 1.54) is 24.1 Å². The average molecular weight is 402 g/mol. The van der Waals surface area contributed by atoms with Crippen molar-refractivity contribution in [3.63, 3.8) is 0 Å². The van der Waals surface area contributed by atoms with Gasteiger partial charge in [0.25, 0.3) is 0 Å². The van der Waals surface area contributed by atoms with Gasteiger partial charge >= 0.3 is 0 Å². The first kappa shape index (κ1) is 23.1. The third-order valence-electron chi connectivity index (χ3n) is 5.72. The molecular weight excluding hydrogens is 369 g/mol. The number of hydrogen-bond donors (Lipinski definition) is 1. The number of benzene rings is 1. The molecule has 1 aromatic carbocycles. The van der Waals surface area contributed by atoms with E-state index < -0.39 is 0 Å². The maximum atomic E-state index is 12.6. The Morgan fingerprint density at radius 2 is 1.88 bits per heavy atom. The first-order chi connectivity index (χ1) is 11.6. The molecule has 0 aromatic heterocycles. The van der Waals surface area contributed by atoms with Crippen LogP contribution in [0, 0.1) is 18.8 Å². The maximum absolute atomic E-state index is 12.6. The predicted molar refractivity (Wildman–Crippen MR) is 114 cm³/mol. The Morgan fingerprint density at radius 3 is 2.50 bits per heavy atom. The molecular formula is C20H33Cl2N3O. The Labute approximate surface area is 170 Å². The number of halogens is 2. The number of piperidine rings is 1. The van der Waals surface area contributed by atoms with Crippen LogP contribution in [-0.4, -0.2) is 50.1 Å². The molecule has 3 rings (SSSR count). The third-order valence-corrected chi connectivity index (χ3v) is 5.72. The van der Waals surface area contributed by atoms with Crippen LogP contribution < -0.4 is 10.2 Å². The molecule has 1 amide bonds. The smallest absolute Gasteiger partial charge is 0.222 e. The second-order valence-corrected chi connectivity index (χ2v) is 7.44. The van der Waals surface area contributed by atoms with Crippen LogP contribution >= 0.6 is 24.8 Å². The molecule has 26 heavy (non-hydrogen) atoms. The van der Waals surface area contributed by atoms with Gasteiger partial charge in [-0.25, -0.2) is 0 Å². The SMILES string of the molecule is Cc1ccccc1N1CCN(C(=O)CC(C)C2CCCNC2)CC1.Cl.Cl. The number of piperazine rings is 1. The molecule has 0 saturated carbocycles. The maximum Gasteiger partial charge on any atom is 0.222 e. The van der Waals surface area contributed by atoms with Crippen LogP contribution in [0.1, 0.15) is 31.7 Å². The minimum Gasteiger partial charge on any atom is -0.368 e. The van der Waals surface area contributed by atoms with Gasteiger partial charge in [-0.2, -0.15) is 0 Å². The van der Waals surface area contributed by atoms with Crippen molar-refractivity contribution in [2.75, 3.05) is 44.2 Å². The summed E-state index contributed by atoms with van der Waals surface area (Å²) >= 11 is 0. The van der Waals surface area contributed by atoms with E-state index >= 15 is 0 Å². The fraction of sp³-hybridized carbons (Fsp3) is 0.650. The third kappa shape index (κ3) is 5.77. The number of nitrogens with zero attached hydrogens (tertiary/aromatic N) is 2. The van der Waals surface area contributed by atoms with Crippen molar-refractivity contribution in [3.8, 4) is 0 Å². The van der Waals surface area contributed by atoms with Crippen molar-refractivity contribution in [2.45, 2.75) is 33.1 Å². The van der Waals surface area contributed by atoms with Gasteiger partial charge in [-0.1, -0.05) is 25.1 Å². The molecule has 2 aliphatic rings. The zero-order valence-electron chi connectivity index (χ0n) is 15.9. The second-order valence-electron chi connectivity index (χ2n) is 7.44. The molecule has 0 aliphatic carbocycles. The molecule has 4 nitrogen and oxygen atoms in total. The highest BCUT2D eigenvalue weighted by molar-refractivity contribution is 5.85. The molecule has 0 spiro atoms. The fourth-order valence-corrected chi connectivity index (χ4v) is 4.05. The summed E-state index contributed by atoms with van der Waals surface area (Å²) in [6.45, 7) is 10.2. The molecule has 148 valence electrons. The van der Waals surface area contributed by atoms with Gasteiger partial charge in [0, 0.05) is 38.3 Å². The Hall–Kier alpha value is -0.970. The van der Waals surface area contributed by atoms with E-state index in [-0.39, 0.29) is 24.8 Å². The van der Waals surface area contributed by atoms with Gasteiger partial charge in [0.1, 0.15) is 0 Å². The minimum absolute atomic E-state index is 0. The van der Waals surface area contributed by atoms with E-state index in [4.69, 9.17) is 0 Å². The van der Waals surface area contributed by atoms with Crippen LogP contribution in [0.5, 0.6) is 0 Å². The van der Waals surface area contributed by atoms with Crippen molar-refractivity contribution in [1.82, 2.24) is 10.2 Å². The highest BCUT2D eigenvalue weighted by Crippen LogP contribution is 2.24. The van der Waals surface area contributed by atoms with Gasteiger partial charge < -0.3 is 15.1 Å². The lowest BCUT2D eigenvalue weighted by Gasteiger charge is -2.37. The van der Waals surface area contributed by atoms with E-state index in [9.17, 15) is 4.79 Å². The average Bonchev–Trinajstić information content (AvgIpc) is 2.63. The van der Waals surface area contributed by atoms with Crippen LogP contribution in [0.15, 0.2) is 24.3 Å². The molecule has 0 radical (unpaired) electrons. The number of anilines is 1. The van der Waals surface area contributed by atoms with Crippen molar-refractivity contribution in [2.24, 2.45) is 11.8 Å². The lowest BCUT2D eigenvalue weighted by molar-refractivity contribution is -0.132. The Balaban J connectivity index is 0.00000169. The van der Waals surface area contributed by atoms with E-state index in [0.717, 1.165) is 39.3 Å². The normalized spacial score (nSPS) is 21.4. The van der Waals surface area contributed by atoms with Gasteiger partial charge in [0.05, 0.1) is 0 Å². The lowest BCUT2D eigenvalue weighted by Crippen LogP contribution is -2.49. The number of rotatable bonds is 4. The summed E-state index contributed by atoms with van der Waals surface area (Å²) in [6.07, 6.45) is 3.22. The monoisotopic (exact) mass is 401 g/mol. The van der Waals surface area contributed by atoms with Gasteiger partial charge in [-0.15, -0.1) is 24.8 Å². The van der Waals surface area contributed by atoms with E-state index in [2.05, 4.69) is 53.2 Å².